The first-order valence-corrected chi connectivity index (χ1v) is 8.16. The van der Waals surface area contributed by atoms with Gasteiger partial charge in [0.1, 0.15) is 0 Å². The van der Waals surface area contributed by atoms with Crippen LogP contribution in [0.3, 0.4) is 0 Å². The van der Waals surface area contributed by atoms with Gasteiger partial charge in [0.05, 0.1) is 11.4 Å². The Morgan fingerprint density at radius 2 is 1.70 bits per heavy atom. The van der Waals surface area contributed by atoms with E-state index in [0.29, 0.717) is 5.13 Å². The van der Waals surface area contributed by atoms with E-state index in [2.05, 4.69) is 4.98 Å². The minimum Gasteiger partial charge on any atom is -0.269 e. The molecule has 0 saturated carbocycles. The minimum atomic E-state index is -0.116. The van der Waals surface area contributed by atoms with Crippen molar-refractivity contribution in [1.82, 2.24) is 4.98 Å². The summed E-state index contributed by atoms with van der Waals surface area (Å²) in [6.45, 7) is 1.92. The summed E-state index contributed by atoms with van der Waals surface area (Å²) in [4.78, 5) is 18.8. The van der Waals surface area contributed by atoms with Gasteiger partial charge in [-0.15, -0.1) is 11.3 Å². The summed E-state index contributed by atoms with van der Waals surface area (Å²) >= 11 is 1.46. The number of aryl methyl sites for hydroxylation is 1. The number of amides is 1. The molecule has 1 aromatic heterocycles. The van der Waals surface area contributed by atoms with E-state index in [1.54, 1.807) is 11.0 Å². The summed E-state index contributed by atoms with van der Waals surface area (Å²) in [6, 6.07) is 19.3. The molecule has 0 fully saturated rings. The fourth-order valence-electron chi connectivity index (χ4n) is 2.16. The maximum atomic E-state index is 12.7. The van der Waals surface area contributed by atoms with Crippen LogP contribution >= 0.6 is 11.3 Å². The lowest BCUT2D eigenvalue weighted by atomic mass is 10.2. The van der Waals surface area contributed by atoms with Crippen molar-refractivity contribution in [2.75, 3.05) is 4.90 Å². The van der Waals surface area contributed by atoms with Crippen LogP contribution in [0, 0.1) is 6.92 Å². The van der Waals surface area contributed by atoms with Crippen LogP contribution in [-0.4, -0.2) is 10.9 Å². The second-order valence-corrected chi connectivity index (χ2v) is 5.86. The molecule has 3 nitrogen and oxygen atoms in total. The molecule has 23 heavy (non-hydrogen) atoms. The molecule has 0 unspecified atom stereocenters. The van der Waals surface area contributed by atoms with Gasteiger partial charge in [0.25, 0.3) is 5.91 Å². The van der Waals surface area contributed by atoms with Crippen LogP contribution in [0.15, 0.2) is 72.1 Å². The SMILES string of the molecule is Cc1csc(N(C(=O)/C=C/c2ccccc2)c2ccccc2)n1. The Morgan fingerprint density at radius 1 is 1.04 bits per heavy atom. The molecule has 4 heteroatoms. The molecule has 0 saturated heterocycles. The van der Waals surface area contributed by atoms with Gasteiger partial charge in [0.15, 0.2) is 5.13 Å². The molecular weight excluding hydrogens is 304 g/mol. The van der Waals surface area contributed by atoms with Crippen LogP contribution in [-0.2, 0) is 4.79 Å². The Hall–Kier alpha value is -2.72. The Balaban J connectivity index is 1.92. The van der Waals surface area contributed by atoms with Crippen LogP contribution < -0.4 is 4.90 Å². The highest BCUT2D eigenvalue weighted by atomic mass is 32.1. The Kier molecular flexibility index (Phi) is 4.64. The van der Waals surface area contributed by atoms with Crippen LogP contribution in [0.5, 0.6) is 0 Å². The summed E-state index contributed by atoms with van der Waals surface area (Å²) in [6.07, 6.45) is 3.40. The summed E-state index contributed by atoms with van der Waals surface area (Å²) in [5.41, 5.74) is 2.71. The van der Waals surface area contributed by atoms with Crippen LogP contribution in [0.1, 0.15) is 11.3 Å². The summed E-state index contributed by atoms with van der Waals surface area (Å²) in [7, 11) is 0. The molecule has 114 valence electrons. The molecule has 2 aromatic carbocycles. The highest BCUT2D eigenvalue weighted by Crippen LogP contribution is 2.28. The molecule has 0 N–H and O–H groups in total. The zero-order valence-corrected chi connectivity index (χ0v) is 13.5. The number of anilines is 2. The predicted molar refractivity (Wildman–Crippen MR) is 95.9 cm³/mol. The van der Waals surface area contributed by atoms with E-state index >= 15 is 0 Å². The third-order valence-electron chi connectivity index (χ3n) is 3.25. The predicted octanol–water partition coefficient (Wildman–Crippen LogP) is 4.83. The van der Waals surface area contributed by atoms with E-state index in [9.17, 15) is 4.79 Å². The summed E-state index contributed by atoms with van der Waals surface area (Å²) in [5, 5.41) is 2.62. The van der Waals surface area contributed by atoms with E-state index in [1.807, 2.05) is 79.0 Å². The molecule has 0 atom stereocenters. The normalized spacial score (nSPS) is 10.8. The lowest BCUT2D eigenvalue weighted by Gasteiger charge is -2.18. The van der Waals surface area contributed by atoms with Gasteiger partial charge >= 0.3 is 0 Å². The van der Waals surface area contributed by atoms with Crippen molar-refractivity contribution in [3.05, 3.63) is 83.4 Å². The van der Waals surface area contributed by atoms with Gasteiger partial charge in [-0.2, -0.15) is 0 Å². The second-order valence-electron chi connectivity index (χ2n) is 5.02. The van der Waals surface area contributed by atoms with Crippen molar-refractivity contribution in [2.45, 2.75) is 6.92 Å². The highest BCUT2D eigenvalue weighted by Gasteiger charge is 2.18. The fourth-order valence-corrected chi connectivity index (χ4v) is 2.99. The average molecular weight is 320 g/mol. The number of aromatic nitrogens is 1. The topological polar surface area (TPSA) is 33.2 Å². The molecule has 0 spiro atoms. The Morgan fingerprint density at radius 3 is 2.30 bits per heavy atom. The van der Waals surface area contributed by atoms with E-state index in [1.165, 1.54) is 11.3 Å². The van der Waals surface area contributed by atoms with Crippen LogP contribution in [0.2, 0.25) is 0 Å². The Bertz CT molecular complexity index is 810. The number of benzene rings is 2. The monoisotopic (exact) mass is 320 g/mol. The highest BCUT2D eigenvalue weighted by molar-refractivity contribution is 7.14. The molecule has 0 aliphatic carbocycles. The third-order valence-corrected chi connectivity index (χ3v) is 4.19. The van der Waals surface area contributed by atoms with Gasteiger partial charge in [-0.05, 0) is 30.7 Å². The van der Waals surface area contributed by atoms with Crippen molar-refractivity contribution in [2.24, 2.45) is 0 Å². The molecule has 3 aromatic rings. The van der Waals surface area contributed by atoms with Crippen molar-refractivity contribution >= 4 is 34.1 Å². The molecular formula is C19H16N2OS. The van der Waals surface area contributed by atoms with Crippen molar-refractivity contribution in [1.29, 1.82) is 0 Å². The molecule has 0 radical (unpaired) electrons. The minimum absolute atomic E-state index is 0.116. The van der Waals surface area contributed by atoms with Gasteiger partial charge in [0.2, 0.25) is 0 Å². The van der Waals surface area contributed by atoms with E-state index in [-0.39, 0.29) is 5.91 Å². The van der Waals surface area contributed by atoms with Gasteiger partial charge in [0, 0.05) is 11.5 Å². The largest absolute Gasteiger partial charge is 0.269 e. The standard InChI is InChI=1S/C19H16N2OS/c1-15-14-23-19(20-15)21(17-10-6-3-7-11-17)18(22)13-12-16-8-4-2-5-9-16/h2-14H,1H3/b13-12+. The number of hydrogen-bond acceptors (Lipinski definition) is 3. The number of carbonyl (C=O) groups excluding carboxylic acids is 1. The Labute approximate surface area is 139 Å². The van der Waals surface area contributed by atoms with Crippen molar-refractivity contribution < 1.29 is 4.79 Å². The maximum Gasteiger partial charge on any atom is 0.257 e. The zero-order chi connectivity index (χ0) is 16.1. The van der Waals surface area contributed by atoms with E-state index in [4.69, 9.17) is 0 Å². The molecule has 0 bridgehead atoms. The van der Waals surface area contributed by atoms with Gasteiger partial charge in [-0.25, -0.2) is 4.98 Å². The quantitative estimate of drug-likeness (QED) is 0.645. The fraction of sp³-hybridized carbons (Fsp3) is 0.0526. The first kappa shape index (κ1) is 15.2. The lowest BCUT2D eigenvalue weighted by molar-refractivity contribution is -0.113. The maximum absolute atomic E-state index is 12.7. The number of para-hydroxylation sites is 1. The first-order valence-electron chi connectivity index (χ1n) is 7.28. The average Bonchev–Trinajstić information content (AvgIpc) is 3.01. The van der Waals surface area contributed by atoms with Crippen molar-refractivity contribution in [3.63, 3.8) is 0 Å². The summed E-state index contributed by atoms with van der Waals surface area (Å²) < 4.78 is 0. The van der Waals surface area contributed by atoms with E-state index in [0.717, 1.165) is 16.9 Å². The first-order chi connectivity index (χ1) is 11.2. The molecule has 1 amide bonds. The zero-order valence-electron chi connectivity index (χ0n) is 12.7. The van der Waals surface area contributed by atoms with Crippen LogP contribution in [0.25, 0.3) is 6.08 Å². The molecule has 1 heterocycles. The molecule has 3 rings (SSSR count). The summed E-state index contributed by atoms with van der Waals surface area (Å²) in [5.74, 6) is -0.116. The smallest absolute Gasteiger partial charge is 0.257 e. The number of carbonyl (C=O) groups is 1. The number of thiazole rings is 1. The molecule has 0 aliphatic rings. The van der Waals surface area contributed by atoms with Crippen molar-refractivity contribution in [3.8, 4) is 0 Å². The van der Waals surface area contributed by atoms with Gasteiger partial charge in [-0.1, -0.05) is 48.5 Å². The number of rotatable bonds is 4. The lowest BCUT2D eigenvalue weighted by Crippen LogP contribution is -2.23. The van der Waals surface area contributed by atoms with E-state index < -0.39 is 0 Å². The molecule has 0 aliphatic heterocycles. The second kappa shape index (κ2) is 7.03. The van der Waals surface area contributed by atoms with Crippen LogP contribution in [0.4, 0.5) is 10.8 Å². The van der Waals surface area contributed by atoms with Gasteiger partial charge in [-0.3, -0.25) is 9.69 Å². The van der Waals surface area contributed by atoms with Gasteiger partial charge < -0.3 is 0 Å². The third kappa shape index (κ3) is 3.73. The number of hydrogen-bond donors (Lipinski definition) is 0. The number of nitrogens with zero attached hydrogens (tertiary/aromatic N) is 2.